The maximum atomic E-state index is 14.1. The molecule has 1 saturated heterocycles. The first-order valence-electron chi connectivity index (χ1n) is 15.3. The first-order chi connectivity index (χ1) is 22.2. The van der Waals surface area contributed by atoms with Crippen molar-refractivity contribution in [2.24, 2.45) is 0 Å². The largest absolute Gasteiger partial charge is 0.485 e. The van der Waals surface area contributed by atoms with E-state index in [-0.39, 0.29) is 23.6 Å². The second-order valence-electron chi connectivity index (χ2n) is 13.5. The molecule has 10 nitrogen and oxygen atoms in total. The molecule has 262 valence electrons. The van der Waals surface area contributed by atoms with Gasteiger partial charge in [0.15, 0.2) is 17.4 Å². The zero-order valence-electron chi connectivity index (χ0n) is 27.9. The van der Waals surface area contributed by atoms with Crippen LogP contribution in [0.2, 0.25) is 0 Å². The molecule has 48 heavy (non-hydrogen) atoms. The molecule has 0 aromatic heterocycles. The number of nitrogens with zero attached hydrogens (tertiary/aromatic N) is 1. The van der Waals surface area contributed by atoms with Gasteiger partial charge >= 0.3 is 17.8 Å². The van der Waals surface area contributed by atoms with Gasteiger partial charge in [-0.05, 0) is 57.6 Å². The summed E-state index contributed by atoms with van der Waals surface area (Å²) in [5.41, 5.74) is 0.168. The molecular weight excluding hydrogens is 638 g/mol. The number of esters is 1. The highest BCUT2D eigenvalue weighted by Gasteiger charge is 2.35. The molecule has 0 spiro atoms. The number of carbonyl (C=O) groups excluding carboxylic acids is 4. The minimum absolute atomic E-state index is 0.0146. The summed E-state index contributed by atoms with van der Waals surface area (Å²) in [7, 11) is 0. The summed E-state index contributed by atoms with van der Waals surface area (Å²) >= 11 is 0. The third-order valence-electron chi connectivity index (χ3n) is 7.33. The van der Waals surface area contributed by atoms with E-state index in [1.54, 1.807) is 39.8 Å². The molecule has 1 aliphatic rings. The van der Waals surface area contributed by atoms with E-state index in [4.69, 9.17) is 9.47 Å². The third-order valence-corrected chi connectivity index (χ3v) is 7.33. The molecule has 1 fully saturated rings. The Bertz CT molecular complexity index is 1560. The second kappa shape index (κ2) is 15.2. The molecule has 0 radical (unpaired) electrons. The predicted octanol–water partition coefficient (Wildman–Crippen LogP) is 5.03. The van der Waals surface area contributed by atoms with Crippen LogP contribution in [0.15, 0.2) is 42.1 Å². The lowest BCUT2D eigenvalue weighted by Gasteiger charge is -2.26. The van der Waals surface area contributed by atoms with E-state index in [1.807, 2.05) is 32.9 Å². The van der Waals surface area contributed by atoms with Crippen molar-refractivity contribution in [3.05, 3.63) is 70.9 Å². The molecule has 0 saturated carbocycles. The number of nitrogens with one attached hydrogen (secondary N) is 2. The molecule has 0 bridgehead atoms. The Morgan fingerprint density at radius 2 is 1.62 bits per heavy atom. The number of halogens is 4. The highest BCUT2D eigenvalue weighted by atomic mass is 19.2. The summed E-state index contributed by atoms with van der Waals surface area (Å²) < 4.78 is 65.6. The van der Waals surface area contributed by atoms with Crippen LogP contribution in [0.1, 0.15) is 73.3 Å². The van der Waals surface area contributed by atoms with Crippen LogP contribution < -0.4 is 15.4 Å². The minimum atomic E-state index is -1.85. The van der Waals surface area contributed by atoms with Gasteiger partial charge in [0.1, 0.15) is 18.3 Å². The Kier molecular flexibility index (Phi) is 12.0. The summed E-state index contributed by atoms with van der Waals surface area (Å²) in [6.07, 6.45) is -0.796. The van der Waals surface area contributed by atoms with Gasteiger partial charge in [0.2, 0.25) is 17.5 Å². The van der Waals surface area contributed by atoms with Gasteiger partial charge in [-0.1, -0.05) is 39.0 Å². The minimum Gasteiger partial charge on any atom is -0.485 e. The van der Waals surface area contributed by atoms with E-state index in [2.05, 4.69) is 10.6 Å². The number of hydrogen-bond donors (Lipinski definition) is 3. The molecule has 3 N–H and O–H groups in total. The van der Waals surface area contributed by atoms with Gasteiger partial charge in [-0.15, -0.1) is 0 Å². The molecular formula is C34H41F4N3O7. The maximum absolute atomic E-state index is 14.1. The van der Waals surface area contributed by atoms with E-state index < -0.39 is 89.5 Å². The number of carbonyl (C=O) groups is 4. The lowest BCUT2D eigenvalue weighted by atomic mass is 9.86. The molecule has 1 aliphatic heterocycles. The van der Waals surface area contributed by atoms with Crippen LogP contribution in [-0.4, -0.2) is 64.1 Å². The molecule has 3 atom stereocenters. The average molecular weight is 680 g/mol. The van der Waals surface area contributed by atoms with E-state index in [0.29, 0.717) is 12.1 Å². The SMILES string of the molecule is CC1CCC(=CC(=O)NC(CC(=O)OC(C)(C)C)C(O)COc2c(F)c(F)cc(F)c2F)N1C(=O)C(=O)Nc1ccccc1C(C)(C)C. The standard InChI is InChI=1S/C34H41F4N3O7/c1-18-12-13-19(41(18)32(46)31(45)40-23-11-9-8-10-20(23)33(2,3)4)14-26(43)39-24(16-27(44)48-34(5,6)7)25(42)17-47-30-28(37)21(35)15-22(36)29(30)38/h8-11,14-15,18,24-25,42H,12-13,16-17H2,1-7H3,(H,39,43)(H,40,45). The lowest BCUT2D eigenvalue weighted by Crippen LogP contribution is -2.47. The number of allylic oxidation sites excluding steroid dienone is 1. The van der Waals surface area contributed by atoms with Crippen LogP contribution in [0.3, 0.4) is 0 Å². The Labute approximate surface area is 276 Å². The number of amides is 3. The van der Waals surface area contributed by atoms with E-state index >= 15 is 0 Å². The van der Waals surface area contributed by atoms with Crippen molar-refractivity contribution < 1.29 is 51.3 Å². The summed E-state index contributed by atoms with van der Waals surface area (Å²) in [5.74, 6) is -12.2. The number of likely N-dealkylation sites (tertiary alicyclic amines) is 1. The van der Waals surface area contributed by atoms with Crippen molar-refractivity contribution in [3.8, 4) is 5.75 Å². The van der Waals surface area contributed by atoms with Gasteiger partial charge in [-0.3, -0.25) is 19.2 Å². The molecule has 14 heteroatoms. The molecule has 2 aromatic carbocycles. The summed E-state index contributed by atoms with van der Waals surface area (Å²) in [4.78, 5) is 53.4. The quantitative estimate of drug-likeness (QED) is 0.111. The summed E-state index contributed by atoms with van der Waals surface area (Å²) in [6, 6.07) is 5.10. The van der Waals surface area contributed by atoms with Crippen molar-refractivity contribution in [2.75, 3.05) is 11.9 Å². The number of anilines is 1. The third kappa shape index (κ3) is 9.78. The van der Waals surface area contributed by atoms with Crippen molar-refractivity contribution in [1.82, 2.24) is 10.2 Å². The number of aliphatic hydroxyl groups excluding tert-OH is 1. The first-order valence-corrected chi connectivity index (χ1v) is 15.3. The Hall–Kier alpha value is -4.46. The van der Waals surface area contributed by atoms with E-state index in [9.17, 15) is 41.8 Å². The monoisotopic (exact) mass is 679 g/mol. The van der Waals surface area contributed by atoms with Crippen molar-refractivity contribution >= 4 is 29.4 Å². The van der Waals surface area contributed by atoms with Crippen LogP contribution >= 0.6 is 0 Å². The van der Waals surface area contributed by atoms with Crippen LogP contribution in [0.5, 0.6) is 5.75 Å². The average Bonchev–Trinajstić information content (AvgIpc) is 3.32. The molecule has 0 aliphatic carbocycles. The predicted molar refractivity (Wildman–Crippen MR) is 168 cm³/mol. The highest BCUT2D eigenvalue weighted by molar-refractivity contribution is 6.40. The number of aliphatic hydroxyl groups is 1. The second-order valence-corrected chi connectivity index (χ2v) is 13.5. The van der Waals surface area contributed by atoms with Gasteiger partial charge in [-0.25, -0.2) is 8.78 Å². The normalized spacial score (nSPS) is 17.1. The smallest absolute Gasteiger partial charge is 0.316 e. The van der Waals surface area contributed by atoms with Crippen molar-refractivity contribution in [1.29, 1.82) is 0 Å². The molecule has 3 rings (SSSR count). The van der Waals surface area contributed by atoms with Gasteiger partial charge in [-0.2, -0.15) is 8.78 Å². The fourth-order valence-corrected chi connectivity index (χ4v) is 5.08. The van der Waals surface area contributed by atoms with E-state index in [1.165, 1.54) is 4.90 Å². The van der Waals surface area contributed by atoms with Gasteiger partial charge < -0.3 is 30.1 Å². The Morgan fingerprint density at radius 3 is 2.21 bits per heavy atom. The number of rotatable bonds is 9. The maximum Gasteiger partial charge on any atom is 0.316 e. The number of benzene rings is 2. The first kappa shape index (κ1) is 38.0. The van der Waals surface area contributed by atoms with Gasteiger partial charge in [0.05, 0.1) is 12.5 Å². The number of hydrogen-bond acceptors (Lipinski definition) is 7. The zero-order chi connectivity index (χ0) is 36.1. The topological polar surface area (TPSA) is 134 Å². The Morgan fingerprint density at radius 1 is 1.02 bits per heavy atom. The Balaban J connectivity index is 1.81. The van der Waals surface area contributed by atoms with Crippen LogP contribution in [0.4, 0.5) is 23.2 Å². The summed E-state index contributed by atoms with van der Waals surface area (Å²) in [6.45, 7) is 11.3. The van der Waals surface area contributed by atoms with Gasteiger partial charge in [0.25, 0.3) is 0 Å². The van der Waals surface area contributed by atoms with E-state index in [0.717, 1.165) is 11.6 Å². The van der Waals surface area contributed by atoms with Crippen molar-refractivity contribution in [2.45, 2.75) is 96.9 Å². The molecule has 2 aromatic rings. The molecule has 1 heterocycles. The highest BCUT2D eigenvalue weighted by Crippen LogP contribution is 2.31. The number of ether oxygens (including phenoxy) is 2. The molecule has 3 amide bonds. The van der Waals surface area contributed by atoms with Crippen LogP contribution in [-0.2, 0) is 29.3 Å². The van der Waals surface area contributed by atoms with Crippen LogP contribution in [0, 0.1) is 23.3 Å². The zero-order valence-corrected chi connectivity index (χ0v) is 27.9. The number of para-hydroxylation sites is 1. The van der Waals surface area contributed by atoms with Crippen molar-refractivity contribution in [3.63, 3.8) is 0 Å². The summed E-state index contributed by atoms with van der Waals surface area (Å²) in [5, 5.41) is 15.9. The molecule has 3 unspecified atom stereocenters. The van der Waals surface area contributed by atoms with Gasteiger partial charge in [0, 0.05) is 29.6 Å². The lowest BCUT2D eigenvalue weighted by molar-refractivity contribution is -0.156. The van der Waals surface area contributed by atoms with Crippen LogP contribution in [0.25, 0.3) is 0 Å². The fraction of sp³-hybridized carbons (Fsp3) is 0.471. The fourth-order valence-electron chi connectivity index (χ4n) is 5.08.